The molecule has 3 atom stereocenters. The quantitative estimate of drug-likeness (QED) is 0.234. The molecule has 3 amide bonds. The molecule has 0 saturated carbocycles. The number of nitrogens with one attached hydrogen (secondary N) is 3. The van der Waals surface area contributed by atoms with Crippen LogP contribution in [-0.4, -0.2) is 76.6 Å². The van der Waals surface area contributed by atoms with E-state index in [1.807, 2.05) is 30.3 Å². The monoisotopic (exact) mass is 497 g/mol. The summed E-state index contributed by atoms with van der Waals surface area (Å²) in [7, 11) is -1.81. The maximum atomic E-state index is 13.1. The third-order valence-corrected chi connectivity index (χ3v) is 5.93. The number of hydrogen-bond acceptors (Lipinski definition) is 8. The number of aryl methyl sites for hydroxylation is 1. The van der Waals surface area contributed by atoms with Crippen LogP contribution in [0.2, 0.25) is 0 Å². The van der Waals surface area contributed by atoms with Crippen molar-refractivity contribution in [3.63, 3.8) is 0 Å². The molecule has 3 rings (SSSR count). The zero-order valence-electron chi connectivity index (χ0n) is 20.0. The largest absolute Gasteiger partial charge is 0.475 e. The SMILES string of the molecule is O=C(C[C@@H](NC(=O)c1cnccn1)C(=O)N[C@@H](CCCc1ccccc1)B(O)O)NC[C@H]1CCOC1. The van der Waals surface area contributed by atoms with Gasteiger partial charge in [0.2, 0.25) is 11.8 Å². The molecule has 1 aromatic carbocycles. The zero-order chi connectivity index (χ0) is 25.8. The first kappa shape index (κ1) is 27.2. The predicted molar refractivity (Wildman–Crippen MR) is 131 cm³/mol. The first-order valence-electron chi connectivity index (χ1n) is 12.0. The van der Waals surface area contributed by atoms with Crippen molar-refractivity contribution < 1.29 is 29.2 Å². The summed E-state index contributed by atoms with van der Waals surface area (Å²) in [6.45, 7) is 1.62. The van der Waals surface area contributed by atoms with Crippen molar-refractivity contribution in [3.05, 3.63) is 60.2 Å². The number of carbonyl (C=O) groups excluding carboxylic acids is 3. The van der Waals surface area contributed by atoms with E-state index in [0.717, 1.165) is 12.0 Å². The lowest BCUT2D eigenvalue weighted by Crippen LogP contribution is -2.55. The van der Waals surface area contributed by atoms with Crippen LogP contribution in [0.15, 0.2) is 48.9 Å². The number of aromatic nitrogens is 2. The van der Waals surface area contributed by atoms with Crippen LogP contribution in [0.1, 0.15) is 41.7 Å². The Morgan fingerprint density at radius 2 is 1.94 bits per heavy atom. The normalized spacial score (nSPS) is 16.6. The third-order valence-electron chi connectivity index (χ3n) is 5.93. The zero-order valence-corrected chi connectivity index (χ0v) is 20.0. The van der Waals surface area contributed by atoms with Gasteiger partial charge in [-0.25, -0.2) is 4.98 Å². The fourth-order valence-electron chi connectivity index (χ4n) is 3.87. The van der Waals surface area contributed by atoms with E-state index < -0.39 is 36.8 Å². The van der Waals surface area contributed by atoms with Crippen molar-refractivity contribution in [2.45, 2.75) is 44.1 Å². The fraction of sp³-hybridized carbons (Fsp3) is 0.458. The first-order valence-corrected chi connectivity index (χ1v) is 12.0. The van der Waals surface area contributed by atoms with Crippen LogP contribution in [0, 0.1) is 5.92 Å². The molecule has 0 unspecified atom stereocenters. The highest BCUT2D eigenvalue weighted by molar-refractivity contribution is 6.43. The lowest BCUT2D eigenvalue weighted by Gasteiger charge is -2.23. The maximum absolute atomic E-state index is 13.1. The summed E-state index contributed by atoms with van der Waals surface area (Å²) in [6, 6.07) is 8.44. The Labute approximate surface area is 210 Å². The van der Waals surface area contributed by atoms with Crippen LogP contribution >= 0.6 is 0 Å². The van der Waals surface area contributed by atoms with Crippen molar-refractivity contribution in [3.8, 4) is 0 Å². The Bertz CT molecular complexity index is 975. The minimum atomic E-state index is -1.81. The molecule has 0 aliphatic carbocycles. The van der Waals surface area contributed by atoms with Crippen LogP contribution in [0.5, 0.6) is 0 Å². The van der Waals surface area contributed by atoms with Crippen LogP contribution in [0.4, 0.5) is 0 Å². The summed E-state index contributed by atoms with van der Waals surface area (Å²) in [5.74, 6) is -2.58. The molecule has 2 aromatic rings. The topological polar surface area (TPSA) is 163 Å². The van der Waals surface area contributed by atoms with E-state index in [2.05, 4.69) is 25.9 Å². The number of rotatable bonds is 13. The summed E-state index contributed by atoms with van der Waals surface area (Å²) in [6.07, 6.45) is 6.07. The van der Waals surface area contributed by atoms with Gasteiger partial charge in [0.25, 0.3) is 5.91 Å². The molecule has 0 spiro atoms. The Hall–Kier alpha value is -3.35. The van der Waals surface area contributed by atoms with Crippen LogP contribution in [-0.2, 0) is 20.7 Å². The van der Waals surface area contributed by atoms with Crippen molar-refractivity contribution in [1.29, 1.82) is 0 Å². The Morgan fingerprint density at radius 3 is 2.61 bits per heavy atom. The van der Waals surface area contributed by atoms with Crippen LogP contribution in [0.3, 0.4) is 0 Å². The van der Waals surface area contributed by atoms with Crippen LogP contribution in [0.25, 0.3) is 0 Å². The highest BCUT2D eigenvalue weighted by Crippen LogP contribution is 2.11. The van der Waals surface area contributed by atoms with E-state index >= 15 is 0 Å². The van der Waals surface area contributed by atoms with Gasteiger partial charge in [0.05, 0.1) is 25.2 Å². The van der Waals surface area contributed by atoms with Gasteiger partial charge in [0, 0.05) is 31.5 Å². The molecule has 1 aromatic heterocycles. The van der Waals surface area contributed by atoms with Crippen molar-refractivity contribution in [2.75, 3.05) is 19.8 Å². The van der Waals surface area contributed by atoms with E-state index in [4.69, 9.17) is 4.74 Å². The average Bonchev–Trinajstić information content (AvgIpc) is 3.41. The second kappa shape index (κ2) is 14.3. The summed E-state index contributed by atoms with van der Waals surface area (Å²) >= 11 is 0. The lowest BCUT2D eigenvalue weighted by atomic mass is 9.76. The molecular weight excluding hydrogens is 465 g/mol. The molecule has 1 aliphatic heterocycles. The Morgan fingerprint density at radius 1 is 1.14 bits per heavy atom. The first-order chi connectivity index (χ1) is 17.4. The number of amides is 3. The summed E-state index contributed by atoms with van der Waals surface area (Å²) in [4.78, 5) is 46.0. The molecule has 11 nitrogen and oxygen atoms in total. The van der Waals surface area contributed by atoms with E-state index in [0.29, 0.717) is 32.6 Å². The summed E-state index contributed by atoms with van der Waals surface area (Å²) in [5, 5.41) is 27.5. The van der Waals surface area contributed by atoms with Gasteiger partial charge in [-0.1, -0.05) is 30.3 Å². The van der Waals surface area contributed by atoms with Gasteiger partial charge in [-0.3, -0.25) is 19.4 Å². The molecule has 1 saturated heterocycles. The molecule has 1 fully saturated rings. The number of nitrogens with zero attached hydrogens (tertiary/aromatic N) is 2. The molecule has 12 heteroatoms. The number of hydrogen-bond donors (Lipinski definition) is 5. The summed E-state index contributed by atoms with van der Waals surface area (Å²) < 4.78 is 5.30. The molecule has 0 bridgehead atoms. The van der Waals surface area contributed by atoms with Crippen molar-refractivity contribution in [2.24, 2.45) is 5.92 Å². The van der Waals surface area contributed by atoms with E-state index in [-0.39, 0.29) is 24.5 Å². The molecule has 1 aliphatic rings. The van der Waals surface area contributed by atoms with Gasteiger partial charge in [0.1, 0.15) is 11.7 Å². The lowest BCUT2D eigenvalue weighted by molar-refractivity contribution is -0.128. The Balaban J connectivity index is 1.60. The second-order valence-corrected chi connectivity index (χ2v) is 8.76. The van der Waals surface area contributed by atoms with Gasteiger partial charge in [-0.15, -0.1) is 0 Å². The molecule has 2 heterocycles. The van der Waals surface area contributed by atoms with Gasteiger partial charge < -0.3 is 30.7 Å². The van der Waals surface area contributed by atoms with Crippen LogP contribution < -0.4 is 16.0 Å². The van der Waals surface area contributed by atoms with Gasteiger partial charge in [-0.05, 0) is 31.2 Å². The standard InChI is InChI=1S/C24H32BN5O6/c31-22(28-14-18-9-12-36-16-18)13-19(29-24(33)20-15-26-10-11-27-20)23(32)30-21(25(34)35)8-4-7-17-5-2-1-3-6-17/h1-3,5-6,10-11,15,18-19,21,34-35H,4,7-9,12-14,16H2,(H,28,31)(H,29,33)(H,30,32)/t18-,19-,21+/m1/s1. The highest BCUT2D eigenvalue weighted by atomic mass is 16.5. The Kier molecular flexibility index (Phi) is 10.8. The minimum absolute atomic E-state index is 0.0135. The average molecular weight is 497 g/mol. The number of carbonyl (C=O) groups is 3. The molecule has 36 heavy (non-hydrogen) atoms. The number of ether oxygens (including phenoxy) is 1. The fourth-order valence-corrected chi connectivity index (χ4v) is 3.87. The van der Waals surface area contributed by atoms with Gasteiger partial charge >= 0.3 is 7.12 Å². The predicted octanol–water partition coefficient (Wildman–Crippen LogP) is -0.362. The maximum Gasteiger partial charge on any atom is 0.475 e. The smallest absolute Gasteiger partial charge is 0.426 e. The molecule has 5 N–H and O–H groups in total. The minimum Gasteiger partial charge on any atom is -0.426 e. The third kappa shape index (κ3) is 9.02. The molecule has 192 valence electrons. The van der Waals surface area contributed by atoms with Gasteiger partial charge in [-0.2, -0.15) is 0 Å². The second-order valence-electron chi connectivity index (χ2n) is 8.76. The van der Waals surface area contributed by atoms with E-state index in [1.54, 1.807) is 0 Å². The van der Waals surface area contributed by atoms with Gasteiger partial charge in [0.15, 0.2) is 0 Å². The van der Waals surface area contributed by atoms with Crippen molar-refractivity contribution >= 4 is 24.8 Å². The molecule has 0 radical (unpaired) electrons. The van der Waals surface area contributed by atoms with E-state index in [9.17, 15) is 24.4 Å². The van der Waals surface area contributed by atoms with E-state index in [1.165, 1.54) is 18.6 Å². The van der Waals surface area contributed by atoms with Crippen molar-refractivity contribution in [1.82, 2.24) is 25.9 Å². The highest BCUT2D eigenvalue weighted by Gasteiger charge is 2.31. The number of benzene rings is 1. The summed E-state index contributed by atoms with van der Waals surface area (Å²) in [5.41, 5.74) is 1.08. The molecular formula is C24H32BN5O6.